The summed E-state index contributed by atoms with van der Waals surface area (Å²) in [5.41, 5.74) is 0. The maximum atomic E-state index is 12.1. The van der Waals surface area contributed by atoms with E-state index in [0.29, 0.717) is 12.8 Å². The first-order valence-corrected chi connectivity index (χ1v) is 17.5. The topological polar surface area (TPSA) is 72.8 Å². The molecule has 0 aliphatic rings. The Bertz CT molecular complexity index is 833. The molecule has 0 radical (unpaired) electrons. The van der Waals surface area contributed by atoms with Crippen molar-refractivity contribution in [1.82, 2.24) is 0 Å². The van der Waals surface area contributed by atoms with Gasteiger partial charge in [-0.3, -0.25) is 9.59 Å². The van der Waals surface area contributed by atoms with Crippen LogP contribution in [0.3, 0.4) is 0 Å². The molecule has 0 aliphatic heterocycles. The molecule has 44 heavy (non-hydrogen) atoms. The van der Waals surface area contributed by atoms with Gasteiger partial charge >= 0.3 is 11.9 Å². The molecule has 1 N–H and O–H groups in total. The van der Waals surface area contributed by atoms with Gasteiger partial charge in [0.1, 0.15) is 6.61 Å². The zero-order valence-corrected chi connectivity index (χ0v) is 28.1. The van der Waals surface area contributed by atoms with E-state index in [4.69, 9.17) is 9.47 Å². The fraction of sp³-hybridized carbons (Fsp3) is 0.641. The first-order valence-electron chi connectivity index (χ1n) is 17.5. The maximum Gasteiger partial charge on any atom is 0.306 e. The molecule has 5 nitrogen and oxygen atoms in total. The molecule has 0 unspecified atom stereocenters. The van der Waals surface area contributed by atoms with Crippen molar-refractivity contribution < 1.29 is 24.2 Å². The van der Waals surface area contributed by atoms with Crippen LogP contribution in [0.5, 0.6) is 0 Å². The Morgan fingerprint density at radius 1 is 0.545 bits per heavy atom. The number of carbonyl (C=O) groups excluding carboxylic acids is 2. The molecular formula is C39H64O5. The number of aliphatic hydroxyl groups is 1. The Hall–Kier alpha value is -2.66. The summed E-state index contributed by atoms with van der Waals surface area (Å²) in [7, 11) is 0. The number of hydrogen-bond acceptors (Lipinski definition) is 5. The predicted octanol–water partition coefficient (Wildman–Crippen LogP) is 10.6. The van der Waals surface area contributed by atoms with Gasteiger partial charge in [0, 0.05) is 12.8 Å². The molecule has 0 amide bonds. The van der Waals surface area contributed by atoms with Gasteiger partial charge in [-0.15, -0.1) is 0 Å². The number of ether oxygens (including phenoxy) is 2. The fourth-order valence-corrected chi connectivity index (χ4v) is 4.32. The van der Waals surface area contributed by atoms with Crippen molar-refractivity contribution in [3.63, 3.8) is 0 Å². The molecule has 0 aromatic heterocycles. The standard InChI is InChI=1S/C39H64O5/c1-3-5-7-9-11-13-15-16-17-18-19-20-21-22-24-26-28-30-32-34-39(42)44-37(35-40)36-43-38(41)33-31-29-27-25-23-14-12-10-8-6-4-2/h5,7,10-13,16-17,19-20,22,24,37,40H,3-4,6,8-9,14-15,18,21,23,25-36H2,1-2H3/t37-/m0/s1. The minimum atomic E-state index is -0.793. The number of esters is 2. The summed E-state index contributed by atoms with van der Waals surface area (Å²) in [6.07, 6.45) is 45.3. The summed E-state index contributed by atoms with van der Waals surface area (Å²) in [5.74, 6) is -0.649. The lowest BCUT2D eigenvalue weighted by atomic mass is 10.1. The number of unbranched alkanes of at least 4 members (excludes halogenated alkanes) is 10. The van der Waals surface area contributed by atoms with Crippen LogP contribution >= 0.6 is 0 Å². The molecule has 0 saturated carbocycles. The van der Waals surface area contributed by atoms with Gasteiger partial charge in [-0.1, -0.05) is 125 Å². The van der Waals surface area contributed by atoms with Crippen LogP contribution in [0, 0.1) is 0 Å². The van der Waals surface area contributed by atoms with Crippen molar-refractivity contribution in [2.45, 2.75) is 148 Å². The molecule has 0 aliphatic carbocycles. The van der Waals surface area contributed by atoms with E-state index < -0.39 is 6.10 Å². The third-order valence-electron chi connectivity index (χ3n) is 6.98. The Morgan fingerprint density at radius 2 is 0.977 bits per heavy atom. The lowest BCUT2D eigenvalue weighted by molar-refractivity contribution is -0.161. The summed E-state index contributed by atoms with van der Waals surface area (Å²) in [6.45, 7) is 3.92. The third-order valence-corrected chi connectivity index (χ3v) is 6.98. The third kappa shape index (κ3) is 32.3. The maximum absolute atomic E-state index is 12.1. The van der Waals surface area contributed by atoms with E-state index in [1.165, 1.54) is 32.1 Å². The van der Waals surface area contributed by atoms with Crippen molar-refractivity contribution in [3.05, 3.63) is 72.9 Å². The van der Waals surface area contributed by atoms with Gasteiger partial charge in [0.2, 0.25) is 0 Å². The summed E-state index contributed by atoms with van der Waals surface area (Å²) < 4.78 is 10.5. The molecule has 1 atom stereocenters. The normalized spacial score (nSPS) is 13.1. The second-order valence-electron chi connectivity index (χ2n) is 11.2. The monoisotopic (exact) mass is 612 g/mol. The smallest absolute Gasteiger partial charge is 0.306 e. The van der Waals surface area contributed by atoms with Gasteiger partial charge in [0.15, 0.2) is 6.10 Å². The van der Waals surface area contributed by atoms with E-state index in [0.717, 1.165) is 83.5 Å². The van der Waals surface area contributed by atoms with Gasteiger partial charge in [-0.25, -0.2) is 0 Å². The van der Waals surface area contributed by atoms with Gasteiger partial charge in [-0.2, -0.15) is 0 Å². The Kier molecular flexibility index (Phi) is 32.7. The molecule has 250 valence electrons. The Balaban J connectivity index is 3.70. The van der Waals surface area contributed by atoms with Gasteiger partial charge in [0.05, 0.1) is 6.61 Å². The van der Waals surface area contributed by atoms with E-state index in [1.54, 1.807) is 0 Å². The molecule has 0 heterocycles. The molecule has 5 heteroatoms. The second-order valence-corrected chi connectivity index (χ2v) is 11.2. The number of hydrogen-bond donors (Lipinski definition) is 1. The average molecular weight is 613 g/mol. The molecular weight excluding hydrogens is 548 g/mol. The van der Waals surface area contributed by atoms with E-state index in [-0.39, 0.29) is 25.2 Å². The SMILES string of the molecule is CCC=CCC=CCC=CCC=CCC=CCCCCCC(=O)O[C@@H](CO)COC(=O)CCCCCCCC=CCCCC. The highest BCUT2D eigenvalue weighted by molar-refractivity contribution is 5.70. The zero-order valence-electron chi connectivity index (χ0n) is 28.1. The van der Waals surface area contributed by atoms with E-state index >= 15 is 0 Å². The highest BCUT2D eigenvalue weighted by Crippen LogP contribution is 2.10. The molecule has 0 fully saturated rings. The molecule has 0 bridgehead atoms. The Morgan fingerprint density at radius 3 is 1.52 bits per heavy atom. The van der Waals surface area contributed by atoms with Crippen molar-refractivity contribution >= 4 is 11.9 Å². The lowest BCUT2D eigenvalue weighted by Crippen LogP contribution is -2.28. The lowest BCUT2D eigenvalue weighted by Gasteiger charge is -2.15. The second kappa shape index (κ2) is 34.8. The number of allylic oxidation sites excluding steroid dienone is 12. The average Bonchev–Trinajstić information content (AvgIpc) is 3.02. The van der Waals surface area contributed by atoms with Crippen LogP contribution in [0.4, 0.5) is 0 Å². The minimum Gasteiger partial charge on any atom is -0.462 e. The number of carbonyl (C=O) groups is 2. The number of rotatable bonds is 30. The van der Waals surface area contributed by atoms with Crippen LogP contribution in [0.15, 0.2) is 72.9 Å². The van der Waals surface area contributed by atoms with Crippen LogP contribution in [0.25, 0.3) is 0 Å². The van der Waals surface area contributed by atoms with Crippen molar-refractivity contribution in [1.29, 1.82) is 0 Å². The largest absolute Gasteiger partial charge is 0.462 e. The Labute approximate surface area is 270 Å². The molecule has 0 spiro atoms. The van der Waals surface area contributed by atoms with Crippen LogP contribution in [0.1, 0.15) is 142 Å². The highest BCUT2D eigenvalue weighted by atomic mass is 16.6. The van der Waals surface area contributed by atoms with Crippen LogP contribution in [-0.4, -0.2) is 36.4 Å². The van der Waals surface area contributed by atoms with E-state index in [1.807, 2.05) is 0 Å². The highest BCUT2D eigenvalue weighted by Gasteiger charge is 2.16. The van der Waals surface area contributed by atoms with E-state index in [2.05, 4.69) is 86.8 Å². The van der Waals surface area contributed by atoms with Crippen molar-refractivity contribution in [3.8, 4) is 0 Å². The van der Waals surface area contributed by atoms with Crippen LogP contribution in [-0.2, 0) is 19.1 Å². The van der Waals surface area contributed by atoms with Gasteiger partial charge < -0.3 is 14.6 Å². The van der Waals surface area contributed by atoms with Crippen molar-refractivity contribution in [2.24, 2.45) is 0 Å². The van der Waals surface area contributed by atoms with Gasteiger partial charge in [0.25, 0.3) is 0 Å². The minimum absolute atomic E-state index is 0.0878. The summed E-state index contributed by atoms with van der Waals surface area (Å²) in [4.78, 5) is 24.1. The molecule has 0 aromatic rings. The van der Waals surface area contributed by atoms with Gasteiger partial charge in [-0.05, 0) is 77.0 Å². The van der Waals surface area contributed by atoms with Crippen LogP contribution < -0.4 is 0 Å². The summed E-state index contributed by atoms with van der Waals surface area (Å²) >= 11 is 0. The quantitative estimate of drug-likeness (QED) is 0.0496. The first-order chi connectivity index (χ1) is 21.6. The molecule has 0 rings (SSSR count). The first kappa shape index (κ1) is 41.3. The summed E-state index contributed by atoms with van der Waals surface area (Å²) in [5, 5.41) is 9.51. The van der Waals surface area contributed by atoms with Crippen LogP contribution in [0.2, 0.25) is 0 Å². The zero-order chi connectivity index (χ0) is 32.2. The summed E-state index contributed by atoms with van der Waals surface area (Å²) in [6, 6.07) is 0. The molecule has 0 aromatic carbocycles. The fourth-order valence-electron chi connectivity index (χ4n) is 4.32. The van der Waals surface area contributed by atoms with Crippen molar-refractivity contribution in [2.75, 3.05) is 13.2 Å². The predicted molar refractivity (Wildman–Crippen MR) is 186 cm³/mol. The van der Waals surface area contributed by atoms with E-state index in [9.17, 15) is 14.7 Å². The molecule has 0 saturated heterocycles. The number of aliphatic hydroxyl groups excluding tert-OH is 1.